The number of nitrogens with zero attached hydrogens (tertiary/aromatic N) is 1. The molecular formula is C16H13N3O3. The molecule has 2 amide bonds. The number of carbonyl (C=O) groups excluding carboxylic acids is 2. The molecule has 0 saturated heterocycles. The molecule has 6 nitrogen and oxygen atoms in total. The predicted octanol–water partition coefficient (Wildman–Crippen LogP) is 2.08. The quantitative estimate of drug-likeness (QED) is 0.725. The van der Waals surface area contributed by atoms with E-state index in [-0.39, 0.29) is 6.54 Å². The predicted molar refractivity (Wildman–Crippen MR) is 80.9 cm³/mol. The zero-order valence-electron chi connectivity index (χ0n) is 11.6. The van der Waals surface area contributed by atoms with E-state index in [9.17, 15) is 9.59 Å². The molecule has 0 atom stereocenters. The Morgan fingerprint density at radius 3 is 2.77 bits per heavy atom. The van der Waals surface area contributed by atoms with Crippen LogP contribution >= 0.6 is 0 Å². The molecule has 6 heteroatoms. The third kappa shape index (κ3) is 2.95. The minimum absolute atomic E-state index is 0.163. The van der Waals surface area contributed by atoms with Crippen molar-refractivity contribution in [2.75, 3.05) is 5.32 Å². The summed E-state index contributed by atoms with van der Waals surface area (Å²) in [6, 6.07) is 12.4. The van der Waals surface area contributed by atoms with Gasteiger partial charge in [-0.1, -0.05) is 6.07 Å². The Balaban J connectivity index is 1.69. The summed E-state index contributed by atoms with van der Waals surface area (Å²) in [4.78, 5) is 27.9. The number of benzene rings is 1. The molecule has 2 heterocycles. The fourth-order valence-corrected chi connectivity index (χ4v) is 2.05. The molecule has 0 aliphatic rings. The average Bonchev–Trinajstić information content (AvgIpc) is 3.06. The number of rotatable bonds is 3. The van der Waals surface area contributed by atoms with E-state index >= 15 is 0 Å². The second kappa shape index (κ2) is 6.09. The standard InChI is InChI=1S/C16H13N3O3/c20-15(18-10-11-4-3-9-22-11)16(21)19-14-7-1-6-13-12(14)5-2-8-17-13/h1-9H,10H2,(H,18,20)(H,19,21). The van der Waals surface area contributed by atoms with E-state index in [0.717, 1.165) is 10.9 Å². The molecule has 1 aromatic carbocycles. The maximum absolute atomic E-state index is 11.9. The highest BCUT2D eigenvalue weighted by molar-refractivity contribution is 6.40. The first-order valence-corrected chi connectivity index (χ1v) is 6.69. The Morgan fingerprint density at radius 2 is 1.95 bits per heavy atom. The van der Waals surface area contributed by atoms with Crippen LogP contribution in [-0.4, -0.2) is 16.8 Å². The van der Waals surface area contributed by atoms with Crippen LogP contribution in [0.3, 0.4) is 0 Å². The second-order valence-corrected chi connectivity index (χ2v) is 4.59. The van der Waals surface area contributed by atoms with E-state index in [2.05, 4.69) is 15.6 Å². The fraction of sp³-hybridized carbons (Fsp3) is 0.0625. The molecule has 3 aromatic rings. The number of fused-ring (bicyclic) bond motifs is 1. The molecule has 0 saturated carbocycles. The van der Waals surface area contributed by atoms with Crippen molar-refractivity contribution in [3.63, 3.8) is 0 Å². The zero-order chi connectivity index (χ0) is 15.4. The summed E-state index contributed by atoms with van der Waals surface area (Å²) in [5.74, 6) is -0.879. The number of anilines is 1. The van der Waals surface area contributed by atoms with Crippen LogP contribution in [0.1, 0.15) is 5.76 Å². The van der Waals surface area contributed by atoms with Gasteiger partial charge in [-0.3, -0.25) is 14.6 Å². The van der Waals surface area contributed by atoms with Crippen molar-refractivity contribution in [1.29, 1.82) is 0 Å². The summed E-state index contributed by atoms with van der Waals surface area (Å²) in [7, 11) is 0. The van der Waals surface area contributed by atoms with Crippen molar-refractivity contribution >= 4 is 28.4 Å². The van der Waals surface area contributed by atoms with Crippen LogP contribution in [0.25, 0.3) is 10.9 Å². The van der Waals surface area contributed by atoms with E-state index in [1.807, 2.05) is 12.1 Å². The number of carbonyl (C=O) groups is 2. The molecule has 22 heavy (non-hydrogen) atoms. The molecule has 3 rings (SSSR count). The Morgan fingerprint density at radius 1 is 1.05 bits per heavy atom. The van der Waals surface area contributed by atoms with Gasteiger partial charge < -0.3 is 15.1 Å². The minimum atomic E-state index is -0.733. The van der Waals surface area contributed by atoms with Gasteiger partial charge in [0.2, 0.25) is 0 Å². The second-order valence-electron chi connectivity index (χ2n) is 4.59. The number of furan rings is 1. The van der Waals surface area contributed by atoms with E-state index in [4.69, 9.17) is 4.42 Å². The van der Waals surface area contributed by atoms with Crippen LogP contribution in [0.15, 0.2) is 59.3 Å². The fourth-order valence-electron chi connectivity index (χ4n) is 2.05. The van der Waals surface area contributed by atoms with Gasteiger partial charge in [0.1, 0.15) is 5.76 Å². The summed E-state index contributed by atoms with van der Waals surface area (Å²) in [5, 5.41) is 5.86. The van der Waals surface area contributed by atoms with E-state index in [1.54, 1.807) is 36.5 Å². The lowest BCUT2D eigenvalue weighted by Crippen LogP contribution is -2.34. The van der Waals surface area contributed by atoms with Crippen molar-refractivity contribution < 1.29 is 14.0 Å². The topological polar surface area (TPSA) is 84.2 Å². The van der Waals surface area contributed by atoms with Gasteiger partial charge in [0, 0.05) is 11.6 Å². The molecule has 0 radical (unpaired) electrons. The molecule has 0 spiro atoms. The van der Waals surface area contributed by atoms with Gasteiger partial charge in [0.05, 0.1) is 24.0 Å². The molecule has 0 bridgehead atoms. The smallest absolute Gasteiger partial charge is 0.313 e. The van der Waals surface area contributed by atoms with Crippen LogP contribution in [0, 0.1) is 0 Å². The monoisotopic (exact) mass is 295 g/mol. The van der Waals surface area contributed by atoms with Crippen molar-refractivity contribution in [3.05, 3.63) is 60.7 Å². The Hall–Kier alpha value is -3.15. The summed E-state index contributed by atoms with van der Waals surface area (Å²) in [6.07, 6.45) is 3.18. The molecule has 2 N–H and O–H groups in total. The van der Waals surface area contributed by atoms with Gasteiger partial charge in [-0.25, -0.2) is 0 Å². The summed E-state index contributed by atoms with van der Waals surface area (Å²) in [6.45, 7) is 0.163. The number of amides is 2. The summed E-state index contributed by atoms with van der Waals surface area (Å²) in [5.41, 5.74) is 1.29. The zero-order valence-corrected chi connectivity index (χ0v) is 11.6. The maximum Gasteiger partial charge on any atom is 0.313 e. The molecular weight excluding hydrogens is 282 g/mol. The molecule has 110 valence electrons. The highest BCUT2D eigenvalue weighted by Gasteiger charge is 2.15. The largest absolute Gasteiger partial charge is 0.467 e. The highest BCUT2D eigenvalue weighted by Crippen LogP contribution is 2.21. The van der Waals surface area contributed by atoms with E-state index < -0.39 is 11.8 Å². The first-order valence-electron chi connectivity index (χ1n) is 6.69. The number of pyridine rings is 1. The third-order valence-electron chi connectivity index (χ3n) is 3.10. The lowest BCUT2D eigenvalue weighted by Gasteiger charge is -2.08. The normalized spacial score (nSPS) is 10.4. The number of hydrogen-bond donors (Lipinski definition) is 2. The lowest BCUT2D eigenvalue weighted by atomic mass is 10.2. The Labute approximate surface area is 126 Å². The first kappa shape index (κ1) is 13.8. The van der Waals surface area contributed by atoms with Gasteiger partial charge in [0.15, 0.2) is 0 Å². The first-order chi connectivity index (χ1) is 10.7. The molecule has 0 unspecified atom stereocenters. The van der Waals surface area contributed by atoms with Gasteiger partial charge in [0.25, 0.3) is 0 Å². The van der Waals surface area contributed by atoms with Crippen LogP contribution in [-0.2, 0) is 16.1 Å². The molecule has 0 aliphatic heterocycles. The van der Waals surface area contributed by atoms with E-state index in [0.29, 0.717) is 11.4 Å². The summed E-state index contributed by atoms with van der Waals surface area (Å²) < 4.78 is 5.08. The van der Waals surface area contributed by atoms with E-state index in [1.165, 1.54) is 6.26 Å². The Kier molecular flexibility index (Phi) is 3.82. The Bertz CT molecular complexity index is 807. The third-order valence-corrected chi connectivity index (χ3v) is 3.10. The van der Waals surface area contributed by atoms with Crippen LogP contribution in [0.5, 0.6) is 0 Å². The van der Waals surface area contributed by atoms with Crippen molar-refractivity contribution in [2.24, 2.45) is 0 Å². The van der Waals surface area contributed by atoms with Crippen LogP contribution in [0.2, 0.25) is 0 Å². The SMILES string of the molecule is O=C(NCc1ccco1)C(=O)Nc1cccc2ncccc12. The van der Waals surface area contributed by atoms with Crippen LogP contribution < -0.4 is 10.6 Å². The van der Waals surface area contributed by atoms with Gasteiger partial charge in [-0.2, -0.15) is 0 Å². The van der Waals surface area contributed by atoms with Crippen molar-refractivity contribution in [3.8, 4) is 0 Å². The molecule has 0 aliphatic carbocycles. The van der Waals surface area contributed by atoms with Crippen LogP contribution in [0.4, 0.5) is 5.69 Å². The highest BCUT2D eigenvalue weighted by atomic mass is 16.3. The van der Waals surface area contributed by atoms with Crippen molar-refractivity contribution in [2.45, 2.75) is 6.54 Å². The molecule has 2 aromatic heterocycles. The lowest BCUT2D eigenvalue weighted by molar-refractivity contribution is -0.136. The van der Waals surface area contributed by atoms with Gasteiger partial charge in [-0.05, 0) is 36.4 Å². The maximum atomic E-state index is 11.9. The number of hydrogen-bond acceptors (Lipinski definition) is 4. The average molecular weight is 295 g/mol. The van der Waals surface area contributed by atoms with Gasteiger partial charge in [-0.15, -0.1) is 0 Å². The van der Waals surface area contributed by atoms with Crippen molar-refractivity contribution in [1.82, 2.24) is 10.3 Å². The number of aromatic nitrogens is 1. The van der Waals surface area contributed by atoms with Gasteiger partial charge >= 0.3 is 11.8 Å². The molecule has 0 fully saturated rings. The summed E-state index contributed by atoms with van der Waals surface area (Å²) >= 11 is 0. The number of nitrogens with one attached hydrogen (secondary N) is 2. The minimum Gasteiger partial charge on any atom is -0.467 e.